The Labute approximate surface area is 139 Å². The van der Waals surface area contributed by atoms with Crippen molar-refractivity contribution < 1.29 is 9.90 Å². The van der Waals surface area contributed by atoms with Gasteiger partial charge in [0.25, 0.3) is 0 Å². The maximum atomic E-state index is 11.7. The summed E-state index contributed by atoms with van der Waals surface area (Å²) in [5.41, 5.74) is 1.75. The Balaban J connectivity index is 0.000000322. The molecule has 2 aromatic rings. The van der Waals surface area contributed by atoms with Crippen LogP contribution in [-0.4, -0.2) is 12.4 Å². The Morgan fingerprint density at radius 3 is 2.04 bits per heavy atom. The normalized spacial score (nSPS) is 10.2. The molecule has 121 valence electrons. The molecule has 0 saturated carbocycles. The van der Waals surface area contributed by atoms with Gasteiger partial charge in [0.2, 0.25) is 0 Å². The van der Waals surface area contributed by atoms with Crippen molar-refractivity contribution in [2.75, 3.05) is 6.61 Å². The number of allylic oxidation sites excluding steroid dienone is 1. The molecule has 0 heterocycles. The van der Waals surface area contributed by atoms with E-state index < -0.39 is 0 Å². The summed E-state index contributed by atoms with van der Waals surface area (Å²) in [6, 6.07) is 19.1. The van der Waals surface area contributed by atoms with Gasteiger partial charge in [0, 0.05) is 5.56 Å². The molecular weight excluding hydrogens is 284 g/mol. The van der Waals surface area contributed by atoms with Crippen molar-refractivity contribution in [3.8, 4) is 0 Å². The zero-order valence-corrected chi connectivity index (χ0v) is 13.8. The highest BCUT2D eigenvalue weighted by Crippen LogP contribution is 2.05. The molecule has 0 fully saturated rings. The first-order chi connectivity index (χ1) is 11.3. The van der Waals surface area contributed by atoms with E-state index in [2.05, 4.69) is 6.92 Å². The summed E-state index contributed by atoms with van der Waals surface area (Å²) in [7, 11) is 0. The van der Waals surface area contributed by atoms with E-state index in [0.717, 1.165) is 24.0 Å². The second-order valence-corrected chi connectivity index (χ2v) is 5.24. The van der Waals surface area contributed by atoms with Gasteiger partial charge in [-0.3, -0.25) is 4.79 Å². The zero-order chi connectivity index (χ0) is 16.8. The third-order valence-corrected chi connectivity index (χ3v) is 3.28. The lowest BCUT2D eigenvalue weighted by atomic mass is 10.1. The van der Waals surface area contributed by atoms with Gasteiger partial charge < -0.3 is 0 Å². The molecule has 0 aliphatic heterocycles. The van der Waals surface area contributed by atoms with Gasteiger partial charge in [-0.1, -0.05) is 92.9 Å². The van der Waals surface area contributed by atoms with Crippen LogP contribution in [0.5, 0.6) is 0 Å². The minimum absolute atomic E-state index is 0.0319. The van der Waals surface area contributed by atoms with Gasteiger partial charge in [-0.2, -0.15) is 0 Å². The number of hydrogen-bond acceptors (Lipinski definition) is 1. The number of carbonyl (C=O) groups is 1. The van der Waals surface area contributed by atoms with E-state index in [9.17, 15) is 9.90 Å². The molecule has 0 N–H and O–H groups in total. The van der Waals surface area contributed by atoms with Gasteiger partial charge in [-0.25, -0.2) is 5.11 Å². The number of unbranched alkanes of at least 4 members (excludes halogenated alkanes) is 3. The standard InChI is InChI=1S/C15H12O.C6H13O/c16-15(14-9-5-2-6-10-14)12-11-13-7-3-1-4-8-13;1-2-3-4-5-6-7/h1-12H;2-6H2,1H3. The molecular formula is C21H25O2. The first-order valence-electron chi connectivity index (χ1n) is 8.18. The van der Waals surface area contributed by atoms with E-state index in [-0.39, 0.29) is 12.4 Å². The molecule has 1 radical (unpaired) electrons. The molecule has 2 heteroatoms. The highest BCUT2D eigenvalue weighted by atomic mass is 16.2. The minimum Gasteiger partial charge on any atom is -0.289 e. The van der Waals surface area contributed by atoms with Gasteiger partial charge in [-0.05, 0) is 18.1 Å². The first-order valence-corrected chi connectivity index (χ1v) is 8.18. The molecule has 0 saturated heterocycles. The number of rotatable bonds is 7. The van der Waals surface area contributed by atoms with E-state index in [1.54, 1.807) is 6.08 Å². The number of carbonyl (C=O) groups excluding carboxylic acids is 1. The topological polar surface area (TPSA) is 37.0 Å². The summed E-state index contributed by atoms with van der Waals surface area (Å²) in [4.78, 5) is 11.7. The Morgan fingerprint density at radius 1 is 0.870 bits per heavy atom. The fourth-order valence-corrected chi connectivity index (χ4v) is 1.96. The summed E-state index contributed by atoms with van der Waals surface area (Å²) >= 11 is 0. The van der Waals surface area contributed by atoms with Crippen LogP contribution in [0.2, 0.25) is 0 Å². The highest BCUT2D eigenvalue weighted by molar-refractivity contribution is 6.06. The fourth-order valence-electron chi connectivity index (χ4n) is 1.96. The van der Waals surface area contributed by atoms with Crippen molar-refractivity contribution in [1.29, 1.82) is 0 Å². The second-order valence-electron chi connectivity index (χ2n) is 5.24. The molecule has 0 aromatic heterocycles. The first kappa shape index (κ1) is 18.9. The summed E-state index contributed by atoms with van der Waals surface area (Å²) in [6.45, 7) is 2.25. The van der Waals surface area contributed by atoms with Crippen molar-refractivity contribution in [2.45, 2.75) is 32.6 Å². The average molecular weight is 309 g/mol. The van der Waals surface area contributed by atoms with Gasteiger partial charge in [0.05, 0.1) is 6.61 Å². The van der Waals surface area contributed by atoms with Crippen LogP contribution >= 0.6 is 0 Å². The lowest BCUT2D eigenvalue weighted by molar-refractivity contribution is 0.104. The minimum atomic E-state index is 0.0319. The van der Waals surface area contributed by atoms with Crippen LogP contribution in [0, 0.1) is 0 Å². The quantitative estimate of drug-likeness (QED) is 0.373. The molecule has 0 unspecified atom stereocenters. The monoisotopic (exact) mass is 309 g/mol. The van der Waals surface area contributed by atoms with Crippen LogP contribution in [0.1, 0.15) is 48.5 Å². The van der Waals surface area contributed by atoms with E-state index in [0.29, 0.717) is 0 Å². The smallest absolute Gasteiger partial charge is 0.185 e. The Bertz CT molecular complexity index is 555. The Morgan fingerprint density at radius 2 is 1.48 bits per heavy atom. The van der Waals surface area contributed by atoms with E-state index in [1.165, 1.54) is 12.8 Å². The van der Waals surface area contributed by atoms with Crippen LogP contribution in [0.15, 0.2) is 66.7 Å². The maximum Gasteiger partial charge on any atom is 0.185 e. The predicted octanol–water partition coefficient (Wildman–Crippen LogP) is 5.58. The van der Waals surface area contributed by atoms with Gasteiger partial charge in [0.15, 0.2) is 5.78 Å². The van der Waals surface area contributed by atoms with Crippen LogP contribution in [0.3, 0.4) is 0 Å². The van der Waals surface area contributed by atoms with Crippen LogP contribution in [-0.2, 0) is 5.11 Å². The summed E-state index contributed by atoms with van der Waals surface area (Å²) in [6.07, 6.45) is 7.87. The van der Waals surface area contributed by atoms with Crippen molar-refractivity contribution in [3.05, 3.63) is 77.9 Å². The molecule has 0 aliphatic rings. The van der Waals surface area contributed by atoms with Gasteiger partial charge in [-0.15, -0.1) is 0 Å². The molecule has 0 atom stereocenters. The Hall–Kier alpha value is -2.19. The molecule has 23 heavy (non-hydrogen) atoms. The molecule has 2 rings (SSSR count). The molecule has 0 amide bonds. The Kier molecular flexibility index (Phi) is 10.1. The summed E-state index contributed by atoms with van der Waals surface area (Å²) in [5.74, 6) is 0.0319. The molecule has 2 nitrogen and oxygen atoms in total. The van der Waals surface area contributed by atoms with E-state index in [4.69, 9.17) is 0 Å². The van der Waals surface area contributed by atoms with Crippen molar-refractivity contribution >= 4 is 11.9 Å². The van der Waals surface area contributed by atoms with Crippen molar-refractivity contribution in [1.82, 2.24) is 0 Å². The van der Waals surface area contributed by atoms with E-state index >= 15 is 0 Å². The van der Waals surface area contributed by atoms with Crippen molar-refractivity contribution in [3.63, 3.8) is 0 Å². The molecule has 2 aromatic carbocycles. The molecule has 0 aliphatic carbocycles. The second kappa shape index (κ2) is 12.4. The SMILES string of the molecule is CCCCCC[O].O=C(C=Cc1ccccc1)c1ccccc1. The number of ketones is 1. The van der Waals surface area contributed by atoms with Gasteiger partial charge >= 0.3 is 0 Å². The average Bonchev–Trinajstić information content (AvgIpc) is 2.62. The van der Waals surface area contributed by atoms with Crippen molar-refractivity contribution in [2.24, 2.45) is 0 Å². The third-order valence-electron chi connectivity index (χ3n) is 3.28. The number of benzene rings is 2. The number of hydrogen-bond donors (Lipinski definition) is 0. The largest absolute Gasteiger partial charge is 0.289 e. The molecule has 0 spiro atoms. The highest BCUT2D eigenvalue weighted by Gasteiger charge is 1.98. The summed E-state index contributed by atoms with van der Waals surface area (Å²) < 4.78 is 0. The summed E-state index contributed by atoms with van der Waals surface area (Å²) in [5, 5.41) is 9.80. The van der Waals surface area contributed by atoms with Gasteiger partial charge in [0.1, 0.15) is 0 Å². The molecule has 0 bridgehead atoms. The lowest BCUT2D eigenvalue weighted by Crippen LogP contribution is -1.92. The van der Waals surface area contributed by atoms with Crippen LogP contribution < -0.4 is 0 Å². The fraction of sp³-hybridized carbons (Fsp3) is 0.286. The third kappa shape index (κ3) is 8.74. The maximum absolute atomic E-state index is 11.7. The van der Waals surface area contributed by atoms with Crippen LogP contribution in [0.25, 0.3) is 6.08 Å². The van der Waals surface area contributed by atoms with Crippen LogP contribution in [0.4, 0.5) is 0 Å². The lowest BCUT2D eigenvalue weighted by Gasteiger charge is -1.94. The zero-order valence-electron chi connectivity index (χ0n) is 13.8. The van der Waals surface area contributed by atoms with E-state index in [1.807, 2.05) is 66.7 Å². The predicted molar refractivity (Wildman–Crippen MR) is 95.9 cm³/mol.